The van der Waals surface area contributed by atoms with Crippen LogP contribution in [0.15, 0.2) is 29.6 Å². The van der Waals surface area contributed by atoms with Crippen molar-refractivity contribution in [3.63, 3.8) is 0 Å². The number of aryl methyl sites for hydroxylation is 3. The van der Waals surface area contributed by atoms with Crippen molar-refractivity contribution in [3.8, 4) is 11.3 Å². The molecular weight excluding hydrogens is 332 g/mol. The average Bonchev–Trinajstić information content (AvgIpc) is 3.12. The molecule has 0 saturated heterocycles. The molecule has 0 aliphatic rings. The summed E-state index contributed by atoms with van der Waals surface area (Å²) in [7, 11) is 1.92. The van der Waals surface area contributed by atoms with Crippen LogP contribution in [0.25, 0.3) is 11.3 Å². The Morgan fingerprint density at radius 3 is 2.56 bits per heavy atom. The molecule has 0 bridgehead atoms. The predicted octanol–water partition coefficient (Wildman–Crippen LogP) is 4.04. The van der Waals surface area contributed by atoms with Crippen molar-refractivity contribution in [3.05, 3.63) is 52.2 Å². The standard InChI is InChI=1S/C19H22N4OS/c1-12-5-7-15(8-6-12)17-11-25-19(20-17)21-18(24)10-9-16-13(2)22-23(4)14(16)3/h5-8,11H,9-10H2,1-4H3,(H,20,21,24). The van der Waals surface area contributed by atoms with Gasteiger partial charge in [-0.2, -0.15) is 5.10 Å². The third-order valence-electron chi connectivity index (χ3n) is 4.36. The maximum absolute atomic E-state index is 12.2. The number of anilines is 1. The van der Waals surface area contributed by atoms with Crippen LogP contribution in [-0.4, -0.2) is 20.7 Å². The number of nitrogens with one attached hydrogen (secondary N) is 1. The van der Waals surface area contributed by atoms with Gasteiger partial charge in [-0.1, -0.05) is 29.8 Å². The van der Waals surface area contributed by atoms with E-state index in [1.54, 1.807) is 0 Å². The summed E-state index contributed by atoms with van der Waals surface area (Å²) in [4.78, 5) is 16.7. The van der Waals surface area contributed by atoms with Crippen LogP contribution in [-0.2, 0) is 18.3 Å². The molecule has 0 fully saturated rings. The van der Waals surface area contributed by atoms with Crippen LogP contribution in [0.2, 0.25) is 0 Å². The van der Waals surface area contributed by atoms with E-state index in [0.29, 0.717) is 18.0 Å². The Morgan fingerprint density at radius 1 is 1.20 bits per heavy atom. The van der Waals surface area contributed by atoms with Gasteiger partial charge in [0, 0.05) is 30.1 Å². The first-order valence-electron chi connectivity index (χ1n) is 8.25. The molecule has 1 aromatic carbocycles. The highest BCUT2D eigenvalue weighted by atomic mass is 32.1. The Kier molecular flexibility index (Phi) is 4.99. The number of carbonyl (C=O) groups excluding carboxylic acids is 1. The number of hydrogen-bond acceptors (Lipinski definition) is 4. The van der Waals surface area contributed by atoms with Crippen molar-refractivity contribution in [2.75, 3.05) is 5.32 Å². The minimum atomic E-state index is -0.0209. The maximum atomic E-state index is 12.2. The molecule has 3 aromatic rings. The molecule has 2 heterocycles. The molecule has 130 valence electrons. The Hall–Kier alpha value is -2.47. The number of rotatable bonds is 5. The average molecular weight is 354 g/mol. The van der Waals surface area contributed by atoms with Crippen molar-refractivity contribution >= 4 is 22.4 Å². The molecule has 0 radical (unpaired) electrons. The lowest BCUT2D eigenvalue weighted by Crippen LogP contribution is -2.12. The normalized spacial score (nSPS) is 10.9. The van der Waals surface area contributed by atoms with Crippen LogP contribution in [0.4, 0.5) is 5.13 Å². The van der Waals surface area contributed by atoms with Gasteiger partial charge in [0.25, 0.3) is 0 Å². The van der Waals surface area contributed by atoms with Crippen molar-refractivity contribution in [1.82, 2.24) is 14.8 Å². The highest BCUT2D eigenvalue weighted by Crippen LogP contribution is 2.25. The number of amides is 1. The van der Waals surface area contributed by atoms with Gasteiger partial charge < -0.3 is 5.32 Å². The number of aromatic nitrogens is 3. The first-order chi connectivity index (χ1) is 11.9. The van der Waals surface area contributed by atoms with Crippen LogP contribution in [0, 0.1) is 20.8 Å². The summed E-state index contributed by atoms with van der Waals surface area (Å²) < 4.78 is 1.86. The number of thiazole rings is 1. The molecule has 5 nitrogen and oxygen atoms in total. The zero-order chi connectivity index (χ0) is 18.0. The van der Waals surface area contributed by atoms with Gasteiger partial charge in [0.15, 0.2) is 5.13 Å². The van der Waals surface area contributed by atoms with E-state index >= 15 is 0 Å². The van der Waals surface area contributed by atoms with Crippen LogP contribution in [0.5, 0.6) is 0 Å². The van der Waals surface area contributed by atoms with Gasteiger partial charge in [-0.25, -0.2) is 4.98 Å². The second-order valence-electron chi connectivity index (χ2n) is 6.23. The van der Waals surface area contributed by atoms with Crippen molar-refractivity contribution in [1.29, 1.82) is 0 Å². The second kappa shape index (κ2) is 7.19. The molecule has 0 unspecified atom stereocenters. The summed E-state index contributed by atoms with van der Waals surface area (Å²) in [5, 5.41) is 9.90. The largest absolute Gasteiger partial charge is 0.302 e. The van der Waals surface area contributed by atoms with E-state index in [4.69, 9.17) is 0 Å². The van der Waals surface area contributed by atoms with E-state index < -0.39 is 0 Å². The highest BCUT2D eigenvalue weighted by molar-refractivity contribution is 7.14. The van der Waals surface area contributed by atoms with Gasteiger partial charge in [-0.05, 0) is 32.8 Å². The number of benzene rings is 1. The van der Waals surface area contributed by atoms with Gasteiger partial charge in [-0.15, -0.1) is 11.3 Å². The third kappa shape index (κ3) is 3.96. The number of hydrogen-bond donors (Lipinski definition) is 1. The molecule has 0 saturated carbocycles. The topological polar surface area (TPSA) is 59.8 Å². The maximum Gasteiger partial charge on any atom is 0.226 e. The fourth-order valence-corrected chi connectivity index (χ4v) is 3.52. The fourth-order valence-electron chi connectivity index (χ4n) is 2.79. The summed E-state index contributed by atoms with van der Waals surface area (Å²) in [5.41, 5.74) is 6.42. The number of nitrogens with zero attached hydrogens (tertiary/aromatic N) is 3. The Bertz CT molecular complexity index is 893. The molecule has 0 atom stereocenters. The zero-order valence-electron chi connectivity index (χ0n) is 15.0. The molecule has 6 heteroatoms. The molecule has 3 rings (SSSR count). The summed E-state index contributed by atoms with van der Waals surface area (Å²) in [6.45, 7) is 6.07. The van der Waals surface area contributed by atoms with E-state index in [1.807, 2.05) is 43.1 Å². The van der Waals surface area contributed by atoms with Crippen LogP contribution < -0.4 is 5.32 Å². The number of carbonyl (C=O) groups is 1. The minimum Gasteiger partial charge on any atom is -0.302 e. The molecule has 1 amide bonds. The third-order valence-corrected chi connectivity index (χ3v) is 5.12. The smallest absolute Gasteiger partial charge is 0.226 e. The summed E-state index contributed by atoms with van der Waals surface area (Å²) >= 11 is 1.45. The van der Waals surface area contributed by atoms with E-state index in [1.165, 1.54) is 16.9 Å². The van der Waals surface area contributed by atoms with E-state index in [-0.39, 0.29) is 5.91 Å². The van der Waals surface area contributed by atoms with E-state index in [9.17, 15) is 4.79 Å². The molecule has 25 heavy (non-hydrogen) atoms. The summed E-state index contributed by atoms with van der Waals surface area (Å²) in [5.74, 6) is -0.0209. The Balaban J connectivity index is 1.61. The van der Waals surface area contributed by atoms with E-state index in [0.717, 1.165) is 28.2 Å². The van der Waals surface area contributed by atoms with Gasteiger partial charge >= 0.3 is 0 Å². The second-order valence-corrected chi connectivity index (χ2v) is 7.08. The monoisotopic (exact) mass is 354 g/mol. The first kappa shape index (κ1) is 17.4. The Labute approximate surface area is 151 Å². The van der Waals surface area contributed by atoms with Crippen molar-refractivity contribution in [2.24, 2.45) is 7.05 Å². The quantitative estimate of drug-likeness (QED) is 0.752. The summed E-state index contributed by atoms with van der Waals surface area (Å²) in [6.07, 6.45) is 1.11. The zero-order valence-corrected chi connectivity index (χ0v) is 15.8. The molecule has 1 N–H and O–H groups in total. The van der Waals surface area contributed by atoms with Crippen LogP contribution >= 0.6 is 11.3 Å². The predicted molar refractivity (Wildman–Crippen MR) is 102 cm³/mol. The SMILES string of the molecule is Cc1ccc(-c2csc(NC(=O)CCc3c(C)nn(C)c3C)n2)cc1. The lowest BCUT2D eigenvalue weighted by atomic mass is 10.1. The first-order valence-corrected chi connectivity index (χ1v) is 9.13. The molecule has 0 spiro atoms. The van der Waals surface area contributed by atoms with Gasteiger partial charge in [-0.3, -0.25) is 9.48 Å². The van der Waals surface area contributed by atoms with Crippen molar-refractivity contribution in [2.45, 2.75) is 33.6 Å². The lowest BCUT2D eigenvalue weighted by molar-refractivity contribution is -0.116. The minimum absolute atomic E-state index is 0.0209. The van der Waals surface area contributed by atoms with Gasteiger partial charge in [0.1, 0.15) is 0 Å². The molecule has 2 aromatic heterocycles. The summed E-state index contributed by atoms with van der Waals surface area (Å²) in [6, 6.07) is 8.21. The van der Waals surface area contributed by atoms with E-state index in [2.05, 4.69) is 34.5 Å². The van der Waals surface area contributed by atoms with Crippen LogP contribution in [0.3, 0.4) is 0 Å². The van der Waals surface area contributed by atoms with Gasteiger partial charge in [0.05, 0.1) is 11.4 Å². The molecule has 0 aliphatic heterocycles. The molecule has 0 aliphatic carbocycles. The molecular formula is C19H22N4OS. The Morgan fingerprint density at radius 2 is 1.92 bits per heavy atom. The van der Waals surface area contributed by atoms with Crippen LogP contribution in [0.1, 0.15) is 28.9 Å². The van der Waals surface area contributed by atoms with Gasteiger partial charge in [0.2, 0.25) is 5.91 Å². The lowest BCUT2D eigenvalue weighted by Gasteiger charge is -2.03. The fraction of sp³-hybridized carbons (Fsp3) is 0.316. The highest BCUT2D eigenvalue weighted by Gasteiger charge is 2.13. The van der Waals surface area contributed by atoms with Crippen molar-refractivity contribution < 1.29 is 4.79 Å².